The van der Waals surface area contributed by atoms with Gasteiger partial charge in [-0.2, -0.15) is 0 Å². The second kappa shape index (κ2) is 2.47. The predicted octanol–water partition coefficient (Wildman–Crippen LogP) is 0.736. The van der Waals surface area contributed by atoms with Crippen molar-refractivity contribution in [2.24, 2.45) is 0 Å². The maximum Gasteiger partial charge on any atom is 0.414 e. The molecule has 0 amide bonds. The summed E-state index contributed by atoms with van der Waals surface area (Å²) in [6.07, 6.45) is 2.13. The summed E-state index contributed by atoms with van der Waals surface area (Å²) in [4.78, 5) is 13.4. The zero-order valence-electron chi connectivity index (χ0n) is 6.14. The van der Waals surface area contributed by atoms with Crippen molar-refractivity contribution in [3.05, 3.63) is 22.9 Å². The van der Waals surface area contributed by atoms with E-state index in [-0.39, 0.29) is 5.82 Å². The Morgan fingerprint density at radius 1 is 1.75 bits per heavy atom. The van der Waals surface area contributed by atoms with E-state index in [1.54, 1.807) is 11.2 Å². The molecule has 0 aromatic carbocycles. The van der Waals surface area contributed by atoms with E-state index in [9.17, 15) is 10.1 Å². The average molecular weight is 168 g/mol. The van der Waals surface area contributed by atoms with E-state index in [4.69, 9.17) is 4.74 Å². The molecular formula is C6H6N3O3. The summed E-state index contributed by atoms with van der Waals surface area (Å²) in [6, 6.07) is 0.299. The summed E-state index contributed by atoms with van der Waals surface area (Å²) in [7, 11) is 0. The van der Waals surface area contributed by atoms with Crippen molar-refractivity contribution in [1.82, 2.24) is 9.55 Å². The normalized spacial score (nSPS) is 15.0. The first-order valence-electron chi connectivity index (χ1n) is 3.47. The highest BCUT2D eigenvalue weighted by atomic mass is 16.6. The molecule has 2 heterocycles. The molecule has 0 saturated carbocycles. The lowest BCUT2D eigenvalue weighted by atomic mass is 10.4. The molecule has 0 unspecified atom stereocenters. The number of nitro groups is 1. The zero-order valence-corrected chi connectivity index (χ0v) is 6.14. The number of rotatable bonds is 1. The van der Waals surface area contributed by atoms with Crippen molar-refractivity contribution in [2.45, 2.75) is 13.0 Å². The molecule has 0 N–H and O–H groups in total. The van der Waals surface area contributed by atoms with Crippen LogP contribution in [0, 0.1) is 16.7 Å². The molecule has 0 saturated heterocycles. The van der Waals surface area contributed by atoms with Crippen LogP contribution in [0.15, 0.2) is 6.20 Å². The summed E-state index contributed by atoms with van der Waals surface area (Å²) in [5, 5.41) is 10.3. The van der Waals surface area contributed by atoms with Gasteiger partial charge in [0.15, 0.2) is 0 Å². The van der Waals surface area contributed by atoms with Crippen LogP contribution in [0.4, 0.5) is 5.82 Å². The summed E-state index contributed by atoms with van der Waals surface area (Å²) < 4.78 is 6.60. The fourth-order valence-electron chi connectivity index (χ4n) is 1.05. The lowest BCUT2D eigenvalue weighted by Gasteiger charge is -2.08. The van der Waals surface area contributed by atoms with Crippen molar-refractivity contribution < 1.29 is 9.66 Å². The van der Waals surface area contributed by atoms with Crippen molar-refractivity contribution in [3.63, 3.8) is 0 Å². The van der Waals surface area contributed by atoms with Gasteiger partial charge in [-0.3, -0.25) is 4.57 Å². The van der Waals surface area contributed by atoms with Crippen LogP contribution in [0.5, 0.6) is 6.01 Å². The quantitative estimate of drug-likeness (QED) is 0.458. The molecule has 0 bridgehead atoms. The van der Waals surface area contributed by atoms with Gasteiger partial charge >= 0.3 is 11.8 Å². The van der Waals surface area contributed by atoms with Crippen LogP contribution in [-0.4, -0.2) is 14.5 Å². The van der Waals surface area contributed by atoms with Crippen LogP contribution in [0.25, 0.3) is 0 Å². The van der Waals surface area contributed by atoms with Gasteiger partial charge in [-0.25, -0.2) is 0 Å². The highest BCUT2D eigenvalue weighted by Crippen LogP contribution is 2.21. The Bertz CT molecular complexity index is 296. The van der Waals surface area contributed by atoms with Gasteiger partial charge in [-0.15, -0.1) is 0 Å². The Morgan fingerprint density at radius 3 is 3.25 bits per heavy atom. The molecule has 1 aliphatic rings. The molecule has 1 aromatic rings. The Kier molecular flexibility index (Phi) is 1.46. The van der Waals surface area contributed by atoms with Crippen LogP contribution in [0.2, 0.25) is 0 Å². The third kappa shape index (κ3) is 1.01. The average Bonchev–Trinajstić information content (AvgIpc) is 2.46. The molecule has 6 nitrogen and oxygen atoms in total. The molecule has 0 atom stereocenters. The van der Waals surface area contributed by atoms with Crippen molar-refractivity contribution >= 4 is 5.82 Å². The predicted molar refractivity (Wildman–Crippen MR) is 38.4 cm³/mol. The number of aromatic nitrogens is 2. The second-order valence-electron chi connectivity index (χ2n) is 2.41. The topological polar surface area (TPSA) is 70.2 Å². The van der Waals surface area contributed by atoms with E-state index < -0.39 is 4.92 Å². The van der Waals surface area contributed by atoms with E-state index in [0.717, 1.165) is 6.42 Å². The van der Waals surface area contributed by atoms with Gasteiger partial charge in [0.05, 0.1) is 0 Å². The Balaban J connectivity index is 2.38. The maximum atomic E-state index is 10.3. The largest absolute Gasteiger partial charge is 0.438 e. The Hall–Kier alpha value is -1.59. The summed E-state index contributed by atoms with van der Waals surface area (Å²) in [6.45, 7) is 2.28. The number of nitrogens with zero attached hydrogens (tertiary/aromatic N) is 3. The number of hydrogen-bond acceptors (Lipinski definition) is 4. The molecule has 6 heteroatoms. The van der Waals surface area contributed by atoms with Gasteiger partial charge < -0.3 is 14.9 Å². The first-order chi connectivity index (χ1) is 5.77. The molecule has 0 spiro atoms. The molecule has 0 aliphatic carbocycles. The van der Waals surface area contributed by atoms with Crippen LogP contribution in [-0.2, 0) is 6.54 Å². The van der Waals surface area contributed by atoms with Gasteiger partial charge in [0.1, 0.15) is 12.8 Å². The Labute approximate surface area is 67.9 Å². The van der Waals surface area contributed by atoms with Crippen LogP contribution < -0.4 is 4.74 Å². The fraction of sp³-hybridized carbons (Fsp3) is 0.333. The van der Waals surface area contributed by atoms with Gasteiger partial charge in [0, 0.05) is 17.9 Å². The second-order valence-corrected chi connectivity index (χ2v) is 2.41. The number of aryl methyl sites for hydroxylation is 1. The third-order valence-corrected chi connectivity index (χ3v) is 1.59. The van der Waals surface area contributed by atoms with Crippen LogP contribution in [0.3, 0.4) is 0 Å². The van der Waals surface area contributed by atoms with E-state index >= 15 is 0 Å². The number of fused-ring (bicyclic) bond motifs is 1. The van der Waals surface area contributed by atoms with Gasteiger partial charge in [-0.05, 0) is 4.92 Å². The standard InChI is InChI=1S/C6H6N3O3/c10-9(11)5-4-8-2-1-3-12-6(8)7-5/h3-4H,1-2H2. The van der Waals surface area contributed by atoms with Crippen LogP contribution >= 0.6 is 0 Å². The van der Waals surface area contributed by atoms with Crippen molar-refractivity contribution in [2.75, 3.05) is 0 Å². The van der Waals surface area contributed by atoms with Crippen molar-refractivity contribution in [1.29, 1.82) is 0 Å². The first kappa shape index (κ1) is 7.08. The number of hydrogen-bond donors (Lipinski definition) is 0. The molecule has 2 rings (SSSR count). The maximum absolute atomic E-state index is 10.3. The summed E-state index contributed by atoms with van der Waals surface area (Å²) >= 11 is 0. The Morgan fingerprint density at radius 2 is 2.58 bits per heavy atom. The molecule has 1 aliphatic heterocycles. The third-order valence-electron chi connectivity index (χ3n) is 1.59. The lowest BCUT2D eigenvalue weighted by molar-refractivity contribution is -0.389. The van der Waals surface area contributed by atoms with Gasteiger partial charge in [0.25, 0.3) is 0 Å². The van der Waals surface area contributed by atoms with E-state index in [1.165, 1.54) is 6.20 Å². The van der Waals surface area contributed by atoms with Crippen molar-refractivity contribution in [3.8, 4) is 6.01 Å². The SMILES string of the molecule is O=[N+]([O-])c1cn2c(n1)O[CH]CC2. The lowest BCUT2D eigenvalue weighted by Crippen LogP contribution is -2.09. The highest BCUT2D eigenvalue weighted by molar-refractivity contribution is 5.21. The zero-order chi connectivity index (χ0) is 8.55. The molecule has 12 heavy (non-hydrogen) atoms. The van der Waals surface area contributed by atoms with Gasteiger partial charge in [0.2, 0.25) is 0 Å². The highest BCUT2D eigenvalue weighted by Gasteiger charge is 2.22. The number of ether oxygens (including phenoxy) is 1. The van der Waals surface area contributed by atoms with Crippen LogP contribution in [0.1, 0.15) is 6.42 Å². The minimum absolute atomic E-state index is 0.166. The molecule has 63 valence electrons. The summed E-state index contributed by atoms with van der Waals surface area (Å²) in [5.41, 5.74) is 0. The molecule has 1 radical (unpaired) electrons. The minimum Gasteiger partial charge on any atom is -0.438 e. The molecule has 0 fully saturated rings. The molecule has 1 aromatic heterocycles. The summed E-state index contributed by atoms with van der Waals surface area (Å²) in [5.74, 6) is -0.166. The fourth-order valence-corrected chi connectivity index (χ4v) is 1.05. The number of imidazole rings is 1. The van der Waals surface area contributed by atoms with Gasteiger partial charge in [-0.1, -0.05) is 0 Å². The minimum atomic E-state index is -0.533. The molecular weight excluding hydrogens is 162 g/mol. The first-order valence-corrected chi connectivity index (χ1v) is 3.47. The smallest absolute Gasteiger partial charge is 0.414 e. The van der Waals surface area contributed by atoms with E-state index in [0.29, 0.717) is 12.6 Å². The van der Waals surface area contributed by atoms with E-state index in [1.807, 2.05) is 0 Å². The monoisotopic (exact) mass is 168 g/mol. The van der Waals surface area contributed by atoms with E-state index in [2.05, 4.69) is 4.98 Å².